The van der Waals surface area contributed by atoms with Crippen LogP contribution in [0, 0.1) is 5.92 Å². The SMILES string of the molecule is CN1C(=O)C(CC2CC(c3ccc(Cl)cc3)=NO2)C(=O)N(C)c2ccccc21. The number of hydrogen-bond donors (Lipinski definition) is 0. The van der Waals surface area contributed by atoms with Gasteiger partial charge in [0, 0.05) is 32.0 Å². The summed E-state index contributed by atoms with van der Waals surface area (Å²) in [6, 6.07) is 14.8. The maximum Gasteiger partial charge on any atom is 0.239 e. The van der Waals surface area contributed by atoms with Crippen molar-refractivity contribution >= 4 is 40.5 Å². The first-order valence-electron chi connectivity index (χ1n) is 9.08. The molecule has 4 rings (SSSR count). The van der Waals surface area contributed by atoms with Crippen molar-refractivity contribution in [2.45, 2.75) is 18.9 Å². The monoisotopic (exact) mass is 397 g/mol. The number of carbonyl (C=O) groups is 2. The van der Waals surface area contributed by atoms with Crippen LogP contribution in [0.15, 0.2) is 53.7 Å². The third-order valence-electron chi connectivity index (χ3n) is 5.27. The molecule has 1 atom stereocenters. The molecular weight excluding hydrogens is 378 g/mol. The van der Waals surface area contributed by atoms with Gasteiger partial charge in [-0.2, -0.15) is 0 Å². The van der Waals surface area contributed by atoms with E-state index in [0.717, 1.165) is 22.6 Å². The predicted octanol–water partition coefficient (Wildman–Crippen LogP) is 3.48. The van der Waals surface area contributed by atoms with E-state index in [0.29, 0.717) is 11.4 Å². The first-order valence-corrected chi connectivity index (χ1v) is 9.46. The normalized spacial score (nSPS) is 20.0. The number of hydrogen-bond acceptors (Lipinski definition) is 4. The Balaban J connectivity index is 1.52. The van der Waals surface area contributed by atoms with Gasteiger partial charge in [-0.3, -0.25) is 9.59 Å². The number of oxime groups is 1. The van der Waals surface area contributed by atoms with Gasteiger partial charge < -0.3 is 14.6 Å². The molecule has 0 saturated heterocycles. The summed E-state index contributed by atoms with van der Waals surface area (Å²) in [5, 5.41) is 4.81. The molecule has 7 heteroatoms. The lowest BCUT2D eigenvalue weighted by atomic mass is 9.95. The first kappa shape index (κ1) is 18.5. The van der Waals surface area contributed by atoms with E-state index < -0.39 is 5.92 Å². The van der Waals surface area contributed by atoms with E-state index in [4.69, 9.17) is 16.4 Å². The van der Waals surface area contributed by atoms with E-state index in [1.54, 1.807) is 36.0 Å². The van der Waals surface area contributed by atoms with E-state index >= 15 is 0 Å². The van der Waals surface area contributed by atoms with Gasteiger partial charge in [0.2, 0.25) is 11.8 Å². The quantitative estimate of drug-likeness (QED) is 0.745. The van der Waals surface area contributed by atoms with Crippen LogP contribution in [-0.2, 0) is 14.4 Å². The summed E-state index contributed by atoms with van der Waals surface area (Å²) in [6.07, 6.45) is 0.492. The number of benzene rings is 2. The highest BCUT2D eigenvalue weighted by Crippen LogP contribution is 2.35. The van der Waals surface area contributed by atoms with Gasteiger partial charge in [-0.25, -0.2) is 0 Å². The molecule has 28 heavy (non-hydrogen) atoms. The van der Waals surface area contributed by atoms with Crippen molar-refractivity contribution in [3.63, 3.8) is 0 Å². The molecule has 2 amide bonds. The Hall–Kier alpha value is -2.86. The van der Waals surface area contributed by atoms with Crippen LogP contribution in [-0.4, -0.2) is 37.7 Å². The molecule has 2 heterocycles. The molecule has 1 unspecified atom stereocenters. The van der Waals surface area contributed by atoms with E-state index in [2.05, 4.69) is 5.16 Å². The van der Waals surface area contributed by atoms with Crippen molar-refractivity contribution < 1.29 is 14.4 Å². The van der Waals surface area contributed by atoms with Gasteiger partial charge in [0.25, 0.3) is 0 Å². The average Bonchev–Trinajstić information content (AvgIpc) is 3.17. The van der Waals surface area contributed by atoms with Crippen LogP contribution in [0.5, 0.6) is 0 Å². The van der Waals surface area contributed by atoms with Crippen LogP contribution in [0.25, 0.3) is 0 Å². The summed E-state index contributed by atoms with van der Waals surface area (Å²) in [5.74, 6) is -1.28. The van der Waals surface area contributed by atoms with E-state index in [1.165, 1.54) is 0 Å². The van der Waals surface area contributed by atoms with Crippen molar-refractivity contribution in [2.24, 2.45) is 11.1 Å². The van der Waals surface area contributed by atoms with Crippen molar-refractivity contribution in [1.82, 2.24) is 0 Å². The second-order valence-electron chi connectivity index (χ2n) is 7.05. The summed E-state index contributed by atoms with van der Waals surface area (Å²) >= 11 is 5.93. The lowest BCUT2D eigenvalue weighted by Crippen LogP contribution is -2.41. The molecule has 0 aromatic heterocycles. The second kappa shape index (κ2) is 7.28. The Morgan fingerprint density at radius 3 is 2.14 bits per heavy atom. The van der Waals surface area contributed by atoms with Gasteiger partial charge in [-0.05, 0) is 29.8 Å². The minimum atomic E-state index is -0.813. The Morgan fingerprint density at radius 1 is 1.00 bits per heavy atom. The van der Waals surface area contributed by atoms with E-state index in [-0.39, 0.29) is 24.3 Å². The predicted molar refractivity (Wildman–Crippen MR) is 109 cm³/mol. The molecule has 0 aliphatic carbocycles. The molecule has 0 fully saturated rings. The number of para-hydroxylation sites is 2. The number of anilines is 2. The lowest BCUT2D eigenvalue weighted by Gasteiger charge is -2.21. The maximum absolute atomic E-state index is 13.0. The molecule has 2 aliphatic rings. The third-order valence-corrected chi connectivity index (χ3v) is 5.52. The lowest BCUT2D eigenvalue weighted by molar-refractivity contribution is -0.133. The van der Waals surface area contributed by atoms with Crippen molar-refractivity contribution in [1.29, 1.82) is 0 Å². The molecule has 0 bridgehead atoms. The van der Waals surface area contributed by atoms with Gasteiger partial charge in [-0.1, -0.05) is 41.0 Å². The average molecular weight is 398 g/mol. The number of nitrogens with zero attached hydrogens (tertiary/aromatic N) is 3. The first-order chi connectivity index (χ1) is 13.5. The van der Waals surface area contributed by atoms with Gasteiger partial charge >= 0.3 is 0 Å². The second-order valence-corrected chi connectivity index (χ2v) is 7.48. The molecule has 0 saturated carbocycles. The zero-order valence-electron chi connectivity index (χ0n) is 15.6. The fraction of sp³-hybridized carbons (Fsp3) is 0.286. The molecule has 6 nitrogen and oxygen atoms in total. The molecule has 0 N–H and O–H groups in total. The van der Waals surface area contributed by atoms with E-state index in [9.17, 15) is 9.59 Å². The van der Waals surface area contributed by atoms with Crippen molar-refractivity contribution in [2.75, 3.05) is 23.9 Å². The minimum absolute atomic E-state index is 0.231. The Bertz CT molecular complexity index is 917. The Kier molecular flexibility index (Phi) is 4.81. The van der Waals surface area contributed by atoms with Gasteiger partial charge in [0.05, 0.1) is 17.1 Å². The maximum atomic E-state index is 13.0. The number of carbonyl (C=O) groups excluding carboxylic acids is 2. The molecular formula is C21H20ClN3O3. The molecule has 2 aliphatic heterocycles. The summed E-state index contributed by atoms with van der Waals surface area (Å²) in [6.45, 7) is 0. The topological polar surface area (TPSA) is 62.2 Å². The minimum Gasteiger partial charge on any atom is -0.392 e. The zero-order valence-corrected chi connectivity index (χ0v) is 16.4. The summed E-state index contributed by atoms with van der Waals surface area (Å²) in [5.41, 5.74) is 3.15. The Labute approximate surface area is 168 Å². The van der Waals surface area contributed by atoms with Crippen LogP contribution in [0.1, 0.15) is 18.4 Å². The van der Waals surface area contributed by atoms with Crippen LogP contribution in [0.2, 0.25) is 5.02 Å². The smallest absolute Gasteiger partial charge is 0.239 e. The number of halogens is 1. The van der Waals surface area contributed by atoms with Crippen molar-refractivity contribution in [3.8, 4) is 0 Å². The molecule has 2 aromatic carbocycles. The molecule has 0 radical (unpaired) electrons. The van der Waals surface area contributed by atoms with Crippen LogP contribution >= 0.6 is 11.6 Å². The summed E-state index contributed by atoms with van der Waals surface area (Å²) in [4.78, 5) is 34.7. The fourth-order valence-corrected chi connectivity index (χ4v) is 3.80. The highest BCUT2D eigenvalue weighted by molar-refractivity contribution is 6.30. The van der Waals surface area contributed by atoms with Crippen molar-refractivity contribution in [3.05, 3.63) is 59.1 Å². The summed E-state index contributed by atoms with van der Waals surface area (Å²) < 4.78 is 0. The molecule has 144 valence electrons. The van der Waals surface area contributed by atoms with Crippen LogP contribution < -0.4 is 9.80 Å². The van der Waals surface area contributed by atoms with Gasteiger partial charge in [-0.15, -0.1) is 0 Å². The molecule has 2 aromatic rings. The van der Waals surface area contributed by atoms with E-state index in [1.807, 2.05) is 36.4 Å². The zero-order chi connectivity index (χ0) is 19.8. The van der Waals surface area contributed by atoms with Gasteiger partial charge in [0.1, 0.15) is 12.0 Å². The highest BCUT2D eigenvalue weighted by atomic mass is 35.5. The largest absolute Gasteiger partial charge is 0.392 e. The highest BCUT2D eigenvalue weighted by Gasteiger charge is 2.40. The number of amides is 2. The Morgan fingerprint density at radius 2 is 1.57 bits per heavy atom. The van der Waals surface area contributed by atoms with Crippen LogP contribution in [0.3, 0.4) is 0 Å². The number of rotatable bonds is 3. The third kappa shape index (κ3) is 3.24. The molecule has 0 spiro atoms. The number of fused-ring (bicyclic) bond motifs is 1. The standard InChI is InChI=1S/C21H20ClN3O3/c1-24-18-5-3-4-6-19(18)25(2)21(27)16(20(24)26)11-15-12-17(23-28-15)13-7-9-14(22)10-8-13/h3-10,15-16H,11-12H2,1-2H3. The summed E-state index contributed by atoms with van der Waals surface area (Å²) in [7, 11) is 3.40. The fourth-order valence-electron chi connectivity index (χ4n) is 3.67. The van der Waals surface area contributed by atoms with Crippen LogP contribution in [0.4, 0.5) is 11.4 Å². The van der Waals surface area contributed by atoms with Gasteiger partial charge in [0.15, 0.2) is 0 Å².